The number of hydrogen-bond donors (Lipinski definition) is 2. The Kier molecular flexibility index (Phi) is 4.73. The van der Waals surface area contributed by atoms with Crippen molar-refractivity contribution in [2.75, 3.05) is 25.4 Å². The molecule has 108 valence electrons. The fraction of sp³-hybridized carbons (Fsp3) is 0.385. The quantitative estimate of drug-likeness (QED) is 0.837. The van der Waals surface area contributed by atoms with Crippen molar-refractivity contribution in [3.8, 4) is 0 Å². The summed E-state index contributed by atoms with van der Waals surface area (Å²) in [4.78, 5) is 25.5. The smallest absolute Gasteiger partial charge is 0.251 e. The van der Waals surface area contributed by atoms with Gasteiger partial charge in [0.15, 0.2) is 0 Å². The summed E-state index contributed by atoms with van der Waals surface area (Å²) in [5, 5.41) is 2.99. The normalized spacial score (nSPS) is 14.4. The van der Waals surface area contributed by atoms with Crippen LogP contribution in [0.2, 0.25) is 10.0 Å². The van der Waals surface area contributed by atoms with Crippen LogP contribution in [-0.2, 0) is 4.79 Å². The standard InChI is InChI=1S/C13H15Cl2N3O2/c14-9-5-8(6-10(16)12(9)15)13(20)17-7-11(19)18-3-1-2-4-18/h5-6H,1-4,7,16H2,(H,17,20). The summed E-state index contributed by atoms with van der Waals surface area (Å²) < 4.78 is 0. The zero-order valence-corrected chi connectivity index (χ0v) is 12.3. The van der Waals surface area contributed by atoms with Crippen molar-refractivity contribution in [3.63, 3.8) is 0 Å². The third kappa shape index (κ3) is 3.35. The van der Waals surface area contributed by atoms with E-state index in [0.717, 1.165) is 25.9 Å². The molecule has 1 heterocycles. The number of amides is 2. The van der Waals surface area contributed by atoms with Gasteiger partial charge in [-0.25, -0.2) is 0 Å². The molecule has 0 bridgehead atoms. The molecule has 1 fully saturated rings. The van der Waals surface area contributed by atoms with Crippen LogP contribution in [0.1, 0.15) is 23.2 Å². The van der Waals surface area contributed by atoms with E-state index in [1.807, 2.05) is 0 Å². The number of carbonyl (C=O) groups is 2. The summed E-state index contributed by atoms with van der Waals surface area (Å²) in [6.45, 7) is 1.49. The molecule has 0 spiro atoms. The number of nitrogens with zero attached hydrogens (tertiary/aromatic N) is 1. The highest BCUT2D eigenvalue weighted by atomic mass is 35.5. The summed E-state index contributed by atoms with van der Waals surface area (Å²) in [7, 11) is 0. The molecule has 7 heteroatoms. The first-order valence-corrected chi connectivity index (χ1v) is 7.05. The number of nitrogens with two attached hydrogens (primary N) is 1. The molecule has 2 rings (SSSR count). The van der Waals surface area contributed by atoms with Crippen LogP contribution in [0, 0.1) is 0 Å². The van der Waals surface area contributed by atoms with Crippen molar-refractivity contribution in [2.45, 2.75) is 12.8 Å². The molecule has 0 saturated carbocycles. The number of rotatable bonds is 3. The first-order valence-electron chi connectivity index (χ1n) is 6.29. The summed E-state index contributed by atoms with van der Waals surface area (Å²) in [6.07, 6.45) is 2.03. The Hall–Kier alpha value is -1.46. The number of carbonyl (C=O) groups excluding carboxylic acids is 2. The van der Waals surface area contributed by atoms with E-state index in [1.165, 1.54) is 12.1 Å². The Morgan fingerprint density at radius 1 is 1.25 bits per heavy atom. The molecule has 5 nitrogen and oxygen atoms in total. The number of anilines is 1. The maximum atomic E-state index is 11.9. The van der Waals surface area contributed by atoms with Crippen LogP contribution < -0.4 is 11.1 Å². The Morgan fingerprint density at radius 3 is 2.50 bits per heavy atom. The highest BCUT2D eigenvalue weighted by molar-refractivity contribution is 6.43. The van der Waals surface area contributed by atoms with Crippen LogP contribution >= 0.6 is 23.2 Å². The lowest BCUT2D eigenvalue weighted by atomic mass is 10.2. The molecule has 0 radical (unpaired) electrons. The highest BCUT2D eigenvalue weighted by Crippen LogP contribution is 2.29. The lowest BCUT2D eigenvalue weighted by molar-refractivity contribution is -0.129. The monoisotopic (exact) mass is 315 g/mol. The van der Waals surface area contributed by atoms with E-state index in [9.17, 15) is 9.59 Å². The van der Waals surface area contributed by atoms with Gasteiger partial charge in [-0.3, -0.25) is 9.59 Å². The molecular weight excluding hydrogens is 301 g/mol. The summed E-state index contributed by atoms with van der Waals surface area (Å²) in [6, 6.07) is 2.86. The predicted octanol–water partition coefficient (Wildman–Crippen LogP) is 1.93. The van der Waals surface area contributed by atoms with Gasteiger partial charge in [-0.2, -0.15) is 0 Å². The number of nitrogens with one attached hydrogen (secondary N) is 1. The molecule has 3 N–H and O–H groups in total. The van der Waals surface area contributed by atoms with E-state index in [0.29, 0.717) is 0 Å². The van der Waals surface area contributed by atoms with E-state index < -0.39 is 5.91 Å². The second kappa shape index (κ2) is 6.33. The molecule has 0 aliphatic carbocycles. The third-order valence-electron chi connectivity index (χ3n) is 3.18. The lowest BCUT2D eigenvalue weighted by Gasteiger charge is -2.15. The van der Waals surface area contributed by atoms with Gasteiger partial charge in [-0.1, -0.05) is 23.2 Å². The zero-order valence-electron chi connectivity index (χ0n) is 10.8. The van der Waals surface area contributed by atoms with Gasteiger partial charge in [0, 0.05) is 18.7 Å². The largest absolute Gasteiger partial charge is 0.397 e. The minimum atomic E-state index is -0.400. The second-order valence-corrected chi connectivity index (χ2v) is 5.42. The van der Waals surface area contributed by atoms with Crippen molar-refractivity contribution in [2.24, 2.45) is 0 Å². The molecule has 1 saturated heterocycles. The molecular formula is C13H15Cl2N3O2. The second-order valence-electron chi connectivity index (χ2n) is 4.63. The first kappa shape index (κ1) is 14.9. The van der Waals surface area contributed by atoms with Crippen molar-refractivity contribution in [1.82, 2.24) is 10.2 Å². The number of benzene rings is 1. The lowest BCUT2D eigenvalue weighted by Crippen LogP contribution is -2.38. The van der Waals surface area contributed by atoms with Gasteiger partial charge in [0.1, 0.15) is 0 Å². The molecule has 1 aromatic rings. The van der Waals surface area contributed by atoms with Gasteiger partial charge in [0.25, 0.3) is 5.91 Å². The van der Waals surface area contributed by atoms with Crippen LogP contribution in [0.4, 0.5) is 5.69 Å². The average Bonchev–Trinajstić information content (AvgIpc) is 2.95. The van der Waals surface area contributed by atoms with Crippen molar-refractivity contribution in [1.29, 1.82) is 0 Å². The number of nitrogen functional groups attached to an aromatic ring is 1. The van der Waals surface area contributed by atoms with E-state index in [1.54, 1.807) is 4.90 Å². The Labute approximate surface area is 127 Å². The zero-order chi connectivity index (χ0) is 14.7. The van der Waals surface area contributed by atoms with E-state index in [-0.39, 0.29) is 33.7 Å². The maximum Gasteiger partial charge on any atom is 0.251 e. The fourth-order valence-corrected chi connectivity index (χ4v) is 2.41. The molecule has 1 aliphatic rings. The summed E-state index contributed by atoms with van der Waals surface area (Å²) in [5.41, 5.74) is 6.16. The predicted molar refractivity (Wildman–Crippen MR) is 79.0 cm³/mol. The van der Waals surface area contributed by atoms with Crippen LogP contribution in [0.3, 0.4) is 0 Å². The number of halogens is 2. The fourth-order valence-electron chi connectivity index (χ4n) is 2.08. The Balaban J connectivity index is 1.96. The van der Waals surface area contributed by atoms with Crippen LogP contribution in [0.5, 0.6) is 0 Å². The first-order chi connectivity index (χ1) is 9.49. The van der Waals surface area contributed by atoms with Crippen molar-refractivity contribution < 1.29 is 9.59 Å². The van der Waals surface area contributed by atoms with Crippen molar-refractivity contribution >= 4 is 40.7 Å². The van der Waals surface area contributed by atoms with E-state index >= 15 is 0 Å². The Bertz CT molecular complexity index is 519. The Morgan fingerprint density at radius 2 is 1.90 bits per heavy atom. The molecule has 0 atom stereocenters. The summed E-state index contributed by atoms with van der Waals surface area (Å²) in [5.74, 6) is -0.480. The molecule has 2 amide bonds. The SMILES string of the molecule is Nc1cc(C(=O)NCC(=O)N2CCCC2)cc(Cl)c1Cl. The topological polar surface area (TPSA) is 75.4 Å². The number of likely N-dealkylation sites (tertiary alicyclic amines) is 1. The van der Waals surface area contributed by atoms with Gasteiger partial charge in [0.05, 0.1) is 22.3 Å². The average molecular weight is 316 g/mol. The van der Waals surface area contributed by atoms with Crippen LogP contribution in [0.25, 0.3) is 0 Å². The van der Waals surface area contributed by atoms with Gasteiger partial charge < -0.3 is 16.0 Å². The maximum absolute atomic E-state index is 11.9. The van der Waals surface area contributed by atoms with Gasteiger partial charge in [-0.05, 0) is 25.0 Å². The van der Waals surface area contributed by atoms with E-state index in [2.05, 4.69) is 5.32 Å². The van der Waals surface area contributed by atoms with Gasteiger partial charge in [0.2, 0.25) is 5.91 Å². The molecule has 0 unspecified atom stereocenters. The minimum Gasteiger partial charge on any atom is -0.397 e. The van der Waals surface area contributed by atoms with E-state index in [4.69, 9.17) is 28.9 Å². The molecule has 1 aromatic carbocycles. The van der Waals surface area contributed by atoms with Crippen LogP contribution in [0.15, 0.2) is 12.1 Å². The van der Waals surface area contributed by atoms with Gasteiger partial charge in [-0.15, -0.1) is 0 Å². The highest BCUT2D eigenvalue weighted by Gasteiger charge is 2.19. The van der Waals surface area contributed by atoms with Crippen molar-refractivity contribution in [3.05, 3.63) is 27.7 Å². The molecule has 20 heavy (non-hydrogen) atoms. The van der Waals surface area contributed by atoms with Gasteiger partial charge >= 0.3 is 0 Å². The number of hydrogen-bond acceptors (Lipinski definition) is 3. The minimum absolute atomic E-state index is 0.0288. The molecule has 0 aromatic heterocycles. The molecule has 1 aliphatic heterocycles. The third-order valence-corrected chi connectivity index (χ3v) is 3.99. The van der Waals surface area contributed by atoms with Crippen LogP contribution in [-0.4, -0.2) is 36.3 Å². The summed E-state index contributed by atoms with van der Waals surface area (Å²) >= 11 is 11.7.